The van der Waals surface area contributed by atoms with E-state index in [2.05, 4.69) is 5.32 Å². The average Bonchev–Trinajstić information content (AvgIpc) is 2.62. The van der Waals surface area contributed by atoms with Crippen molar-refractivity contribution in [2.24, 2.45) is 0 Å². The maximum atomic E-state index is 12.1. The number of nitrogens with one attached hydrogen (secondary N) is 1. The average molecular weight is 318 g/mol. The molecular weight excluding hydrogens is 300 g/mol. The van der Waals surface area contributed by atoms with E-state index in [0.717, 1.165) is 16.9 Å². The van der Waals surface area contributed by atoms with Gasteiger partial charge in [0, 0.05) is 35.7 Å². The Kier molecular flexibility index (Phi) is 4.57. The molecule has 3 aromatic rings. The number of rotatable bonds is 5. The number of benzene rings is 2. The quantitative estimate of drug-likeness (QED) is 0.731. The molecule has 1 aromatic heterocycles. The van der Waals surface area contributed by atoms with Gasteiger partial charge < -0.3 is 5.32 Å². The highest BCUT2D eigenvalue weighted by Crippen LogP contribution is 2.12. The second-order valence-corrected chi connectivity index (χ2v) is 5.57. The van der Waals surface area contributed by atoms with Crippen LogP contribution in [0.15, 0.2) is 77.7 Å². The van der Waals surface area contributed by atoms with E-state index in [4.69, 9.17) is 0 Å². The maximum absolute atomic E-state index is 12.1. The molecule has 0 saturated carbocycles. The molecule has 0 atom stereocenters. The number of carbonyl (C=O) groups excluding carboxylic acids is 1. The number of nitrogens with zero attached hydrogens (tertiary/aromatic N) is 1. The normalized spacial score (nSPS) is 10.4. The maximum Gasteiger partial charge on any atom is 0.255 e. The van der Waals surface area contributed by atoms with Gasteiger partial charge in [0.15, 0.2) is 5.78 Å². The molecule has 0 fully saturated rings. The largest absolute Gasteiger partial charge is 0.381 e. The van der Waals surface area contributed by atoms with Gasteiger partial charge in [0.05, 0.1) is 0 Å². The van der Waals surface area contributed by atoms with E-state index in [0.29, 0.717) is 12.1 Å². The molecule has 2 aromatic carbocycles. The van der Waals surface area contributed by atoms with Crippen LogP contribution < -0.4 is 10.9 Å². The summed E-state index contributed by atoms with van der Waals surface area (Å²) in [6, 6.07) is 20.3. The number of pyridine rings is 1. The first-order valence-electron chi connectivity index (χ1n) is 7.75. The highest BCUT2D eigenvalue weighted by molar-refractivity contribution is 5.94. The van der Waals surface area contributed by atoms with E-state index in [1.165, 1.54) is 0 Å². The van der Waals surface area contributed by atoms with Crippen LogP contribution in [0.4, 0.5) is 5.69 Å². The first-order chi connectivity index (χ1) is 11.6. The van der Waals surface area contributed by atoms with Crippen molar-refractivity contribution in [2.75, 3.05) is 5.32 Å². The first-order valence-corrected chi connectivity index (χ1v) is 7.75. The molecule has 0 spiro atoms. The zero-order valence-corrected chi connectivity index (χ0v) is 13.4. The monoisotopic (exact) mass is 318 g/mol. The van der Waals surface area contributed by atoms with Crippen LogP contribution in [-0.4, -0.2) is 10.4 Å². The Bertz CT molecular complexity index is 897. The van der Waals surface area contributed by atoms with Crippen LogP contribution >= 0.6 is 0 Å². The van der Waals surface area contributed by atoms with Gasteiger partial charge in [0.1, 0.15) is 0 Å². The molecule has 0 bridgehead atoms. The number of para-hydroxylation sites is 1. The minimum atomic E-state index is -0.0595. The Labute approximate surface area is 140 Å². The van der Waals surface area contributed by atoms with Crippen LogP contribution in [0.25, 0.3) is 5.69 Å². The summed E-state index contributed by atoms with van der Waals surface area (Å²) in [5.74, 6) is 0.0523. The molecule has 3 rings (SSSR count). The molecule has 0 aliphatic heterocycles. The Morgan fingerprint density at radius 1 is 0.958 bits per heavy atom. The van der Waals surface area contributed by atoms with Crippen LogP contribution in [0.1, 0.15) is 22.8 Å². The van der Waals surface area contributed by atoms with Gasteiger partial charge in [-0.2, -0.15) is 0 Å². The Morgan fingerprint density at radius 3 is 2.33 bits per heavy atom. The summed E-state index contributed by atoms with van der Waals surface area (Å²) >= 11 is 0. The number of aromatic nitrogens is 1. The Hall–Kier alpha value is -3.14. The third-order valence-electron chi connectivity index (χ3n) is 3.79. The van der Waals surface area contributed by atoms with E-state index >= 15 is 0 Å². The molecule has 1 N–H and O–H groups in total. The summed E-state index contributed by atoms with van der Waals surface area (Å²) in [5, 5.41) is 3.30. The summed E-state index contributed by atoms with van der Waals surface area (Å²) in [7, 11) is 0. The van der Waals surface area contributed by atoms with Crippen molar-refractivity contribution in [3.8, 4) is 5.69 Å². The minimum Gasteiger partial charge on any atom is -0.381 e. The van der Waals surface area contributed by atoms with E-state index < -0.39 is 0 Å². The van der Waals surface area contributed by atoms with Crippen molar-refractivity contribution in [3.63, 3.8) is 0 Å². The number of hydrogen-bond donors (Lipinski definition) is 1. The highest BCUT2D eigenvalue weighted by Gasteiger charge is 2.02. The van der Waals surface area contributed by atoms with Gasteiger partial charge in [-0.15, -0.1) is 0 Å². The van der Waals surface area contributed by atoms with E-state index in [9.17, 15) is 9.59 Å². The van der Waals surface area contributed by atoms with Gasteiger partial charge in [-0.05, 0) is 48.9 Å². The predicted octanol–water partition coefficient (Wildman–Crippen LogP) is 3.65. The molecule has 120 valence electrons. The molecule has 4 heteroatoms. The van der Waals surface area contributed by atoms with Crippen molar-refractivity contribution < 1.29 is 4.79 Å². The lowest BCUT2D eigenvalue weighted by molar-refractivity contribution is 0.101. The number of hydrogen-bond acceptors (Lipinski definition) is 3. The van der Waals surface area contributed by atoms with Gasteiger partial charge in [-0.3, -0.25) is 14.2 Å². The van der Waals surface area contributed by atoms with Crippen LogP contribution in [0.5, 0.6) is 0 Å². The Balaban J connectivity index is 1.76. The summed E-state index contributed by atoms with van der Waals surface area (Å²) in [5.41, 5.74) is 3.40. The molecule has 4 nitrogen and oxygen atoms in total. The summed E-state index contributed by atoms with van der Waals surface area (Å²) in [6.07, 6.45) is 1.84. The zero-order chi connectivity index (χ0) is 16.9. The lowest BCUT2D eigenvalue weighted by Crippen LogP contribution is -2.17. The van der Waals surface area contributed by atoms with Gasteiger partial charge in [0.2, 0.25) is 0 Å². The van der Waals surface area contributed by atoms with Crippen LogP contribution in [0.3, 0.4) is 0 Å². The molecule has 0 aliphatic rings. The van der Waals surface area contributed by atoms with Crippen molar-refractivity contribution in [2.45, 2.75) is 13.5 Å². The summed E-state index contributed by atoms with van der Waals surface area (Å²) in [4.78, 5) is 23.3. The molecule has 0 amide bonds. The van der Waals surface area contributed by atoms with Crippen LogP contribution in [0.2, 0.25) is 0 Å². The van der Waals surface area contributed by atoms with Crippen molar-refractivity contribution in [1.82, 2.24) is 4.57 Å². The number of anilines is 1. The molecule has 0 unspecified atom stereocenters. The number of Topliss-reactive ketones (excluding diaryl/α,β-unsaturated/α-hetero) is 1. The lowest BCUT2D eigenvalue weighted by Gasteiger charge is -2.10. The molecule has 0 saturated heterocycles. The fraction of sp³-hybridized carbons (Fsp3) is 0.100. The molecule has 1 heterocycles. The van der Waals surface area contributed by atoms with E-state index in [-0.39, 0.29) is 11.3 Å². The van der Waals surface area contributed by atoms with E-state index in [1.807, 2.05) is 54.7 Å². The molecule has 24 heavy (non-hydrogen) atoms. The van der Waals surface area contributed by atoms with Gasteiger partial charge in [-0.1, -0.05) is 24.3 Å². The second kappa shape index (κ2) is 6.96. The smallest absolute Gasteiger partial charge is 0.255 e. The topological polar surface area (TPSA) is 51.1 Å². The molecular formula is C20H18N2O2. The third kappa shape index (κ3) is 3.60. The Morgan fingerprint density at radius 2 is 1.67 bits per heavy atom. The van der Waals surface area contributed by atoms with Crippen molar-refractivity contribution >= 4 is 11.5 Å². The number of carbonyl (C=O) groups is 1. The fourth-order valence-corrected chi connectivity index (χ4v) is 2.45. The van der Waals surface area contributed by atoms with Crippen molar-refractivity contribution in [1.29, 1.82) is 0 Å². The molecule has 0 radical (unpaired) electrons. The minimum absolute atomic E-state index is 0.0523. The second-order valence-electron chi connectivity index (χ2n) is 5.57. The lowest BCUT2D eigenvalue weighted by atomic mass is 10.1. The first kappa shape index (κ1) is 15.7. The predicted molar refractivity (Wildman–Crippen MR) is 95.8 cm³/mol. The standard InChI is InChI=1S/C20H18N2O2/c1-15(23)17-8-10-18(11-9-17)21-13-16-7-12-20(24)22(14-16)19-5-3-2-4-6-19/h2-12,14,21H,13H2,1H3. The van der Waals surface area contributed by atoms with Crippen molar-refractivity contribution in [3.05, 3.63) is 94.4 Å². The van der Waals surface area contributed by atoms with Crippen LogP contribution in [0, 0.1) is 0 Å². The van der Waals surface area contributed by atoms with Gasteiger partial charge in [-0.25, -0.2) is 0 Å². The third-order valence-corrected chi connectivity index (χ3v) is 3.79. The number of ketones is 1. The van der Waals surface area contributed by atoms with E-state index in [1.54, 1.807) is 29.7 Å². The fourth-order valence-electron chi connectivity index (χ4n) is 2.45. The molecule has 0 aliphatic carbocycles. The summed E-state index contributed by atoms with van der Waals surface area (Å²) in [6.45, 7) is 2.14. The zero-order valence-electron chi connectivity index (χ0n) is 13.4. The highest BCUT2D eigenvalue weighted by atomic mass is 16.1. The van der Waals surface area contributed by atoms with Gasteiger partial charge >= 0.3 is 0 Å². The van der Waals surface area contributed by atoms with Crippen LogP contribution in [-0.2, 0) is 6.54 Å². The SMILES string of the molecule is CC(=O)c1ccc(NCc2ccc(=O)n(-c3ccccc3)c2)cc1. The van der Waals surface area contributed by atoms with Gasteiger partial charge in [0.25, 0.3) is 5.56 Å². The summed E-state index contributed by atoms with van der Waals surface area (Å²) < 4.78 is 1.63.